The number of amides is 1. The lowest BCUT2D eigenvalue weighted by Crippen LogP contribution is -2.14. The monoisotopic (exact) mass is 280 g/mol. The second-order valence-corrected chi connectivity index (χ2v) is 5.09. The predicted octanol–water partition coefficient (Wildman–Crippen LogP) is 2.11. The van der Waals surface area contributed by atoms with Crippen molar-refractivity contribution in [1.29, 1.82) is 0 Å². The van der Waals surface area contributed by atoms with E-state index in [4.69, 9.17) is 0 Å². The van der Waals surface area contributed by atoms with Crippen LogP contribution in [0.25, 0.3) is 0 Å². The third kappa shape index (κ3) is 3.78. The van der Waals surface area contributed by atoms with E-state index >= 15 is 0 Å². The number of aryl methyl sites for hydroxylation is 1. The van der Waals surface area contributed by atoms with Crippen LogP contribution in [-0.2, 0) is 10.5 Å². The van der Waals surface area contributed by atoms with Gasteiger partial charge in [-0.05, 0) is 19.1 Å². The van der Waals surface area contributed by atoms with E-state index in [1.165, 1.54) is 23.5 Å². The van der Waals surface area contributed by atoms with Crippen LogP contribution in [0.4, 0.5) is 5.69 Å². The molecule has 0 aliphatic rings. The summed E-state index contributed by atoms with van der Waals surface area (Å²) in [6.45, 7) is 1.93. The molecular weight excluding hydrogens is 268 g/mol. The Morgan fingerprint density at radius 1 is 1.50 bits per heavy atom. The van der Waals surface area contributed by atoms with E-state index in [1.807, 2.05) is 13.0 Å². The third-order valence-electron chi connectivity index (χ3n) is 2.16. The number of rotatable bonds is 5. The summed E-state index contributed by atoms with van der Waals surface area (Å²) in [7, 11) is 0. The first-order valence-electron chi connectivity index (χ1n) is 5.31. The van der Waals surface area contributed by atoms with Crippen molar-refractivity contribution in [1.82, 2.24) is 13.7 Å². The van der Waals surface area contributed by atoms with E-state index in [2.05, 4.69) is 19.0 Å². The largest absolute Gasteiger partial charge is 0.324 e. The van der Waals surface area contributed by atoms with E-state index < -0.39 is 0 Å². The maximum absolute atomic E-state index is 11.6. The fourth-order valence-electron chi connectivity index (χ4n) is 1.25. The van der Waals surface area contributed by atoms with Gasteiger partial charge in [-0.1, -0.05) is 0 Å². The molecule has 2 heterocycles. The minimum absolute atomic E-state index is 0.0335. The maximum atomic E-state index is 11.6. The first-order chi connectivity index (χ1) is 8.75. The van der Waals surface area contributed by atoms with Crippen LogP contribution in [0.5, 0.6) is 0 Å². The highest BCUT2D eigenvalue weighted by molar-refractivity contribution is 7.99. The van der Waals surface area contributed by atoms with E-state index in [-0.39, 0.29) is 5.91 Å². The van der Waals surface area contributed by atoms with Crippen molar-refractivity contribution in [3.05, 3.63) is 35.9 Å². The number of carbonyl (C=O) groups is 1. The molecule has 0 bridgehead atoms. The zero-order chi connectivity index (χ0) is 12.8. The number of hydrogen-bond donors (Lipinski definition) is 1. The van der Waals surface area contributed by atoms with E-state index in [0.29, 0.717) is 11.5 Å². The lowest BCUT2D eigenvalue weighted by molar-refractivity contribution is -0.113. The molecule has 0 radical (unpaired) electrons. The van der Waals surface area contributed by atoms with Crippen LogP contribution in [0, 0.1) is 6.92 Å². The normalized spacial score (nSPS) is 10.3. The average molecular weight is 280 g/mol. The van der Waals surface area contributed by atoms with Crippen LogP contribution in [-0.4, -0.2) is 25.4 Å². The molecule has 2 aromatic heterocycles. The Kier molecular flexibility index (Phi) is 4.66. The van der Waals surface area contributed by atoms with Crippen LogP contribution in [0.2, 0.25) is 0 Å². The second kappa shape index (κ2) is 6.46. The molecule has 0 aromatic carbocycles. The number of thioether (sulfide) groups is 1. The zero-order valence-electron chi connectivity index (χ0n) is 9.79. The highest BCUT2D eigenvalue weighted by Gasteiger charge is 2.06. The average Bonchev–Trinajstić information content (AvgIpc) is 2.76. The van der Waals surface area contributed by atoms with Crippen molar-refractivity contribution >= 4 is 35.1 Å². The molecule has 2 rings (SSSR count). The highest BCUT2D eigenvalue weighted by Crippen LogP contribution is 2.14. The molecule has 0 fully saturated rings. The fraction of sp³-hybridized carbons (Fsp3) is 0.273. The Bertz CT molecular complexity index is 515. The van der Waals surface area contributed by atoms with Gasteiger partial charge in [0.2, 0.25) is 5.91 Å². The van der Waals surface area contributed by atoms with E-state index in [0.717, 1.165) is 17.1 Å². The molecular formula is C11H12N4OS2. The van der Waals surface area contributed by atoms with E-state index in [1.54, 1.807) is 18.5 Å². The number of nitrogens with one attached hydrogen (secondary N) is 1. The standard InChI is InChI=1S/C11H12N4OS2/c1-8-10(15-18-14-8)6-17-7-11(16)13-9-3-2-4-12-5-9/h2-5H,6-7H2,1H3,(H,13,16). The van der Waals surface area contributed by atoms with Crippen molar-refractivity contribution in [3.63, 3.8) is 0 Å². The highest BCUT2D eigenvalue weighted by atomic mass is 32.2. The van der Waals surface area contributed by atoms with Crippen molar-refractivity contribution in [2.45, 2.75) is 12.7 Å². The molecule has 0 aliphatic carbocycles. The molecule has 2 aromatic rings. The Hall–Kier alpha value is -1.47. The summed E-state index contributed by atoms with van der Waals surface area (Å²) in [5.74, 6) is 1.07. The predicted molar refractivity (Wildman–Crippen MR) is 73.7 cm³/mol. The van der Waals surface area contributed by atoms with Crippen molar-refractivity contribution in [3.8, 4) is 0 Å². The molecule has 0 atom stereocenters. The lowest BCUT2D eigenvalue weighted by atomic mass is 10.4. The first-order valence-corrected chi connectivity index (χ1v) is 7.20. The summed E-state index contributed by atoms with van der Waals surface area (Å²) >= 11 is 2.73. The molecule has 1 N–H and O–H groups in total. The van der Waals surface area contributed by atoms with Gasteiger partial charge in [0, 0.05) is 11.9 Å². The van der Waals surface area contributed by atoms with Gasteiger partial charge in [-0.2, -0.15) is 8.75 Å². The molecule has 0 saturated carbocycles. The summed E-state index contributed by atoms with van der Waals surface area (Å²) in [5.41, 5.74) is 2.62. The quantitative estimate of drug-likeness (QED) is 0.908. The summed E-state index contributed by atoms with van der Waals surface area (Å²) in [4.78, 5) is 15.6. The summed E-state index contributed by atoms with van der Waals surface area (Å²) in [6.07, 6.45) is 3.29. The van der Waals surface area contributed by atoms with Crippen molar-refractivity contribution in [2.75, 3.05) is 11.1 Å². The molecule has 0 spiro atoms. The number of pyridine rings is 1. The fourth-order valence-corrected chi connectivity index (χ4v) is 2.73. The third-order valence-corrected chi connectivity index (χ3v) is 3.77. The molecule has 1 amide bonds. The molecule has 0 aliphatic heterocycles. The van der Waals surface area contributed by atoms with Gasteiger partial charge in [0.05, 0.1) is 40.8 Å². The topological polar surface area (TPSA) is 67.8 Å². The molecule has 0 saturated heterocycles. The number of aromatic nitrogens is 3. The number of anilines is 1. The van der Waals surface area contributed by atoms with Gasteiger partial charge >= 0.3 is 0 Å². The first kappa shape index (κ1) is 13.0. The summed E-state index contributed by atoms with van der Waals surface area (Å²) in [6, 6.07) is 3.59. The lowest BCUT2D eigenvalue weighted by Gasteiger charge is -2.03. The Labute approximate surface area is 113 Å². The SMILES string of the molecule is Cc1nsnc1CSCC(=O)Nc1cccnc1. The maximum Gasteiger partial charge on any atom is 0.234 e. The smallest absolute Gasteiger partial charge is 0.234 e. The minimum Gasteiger partial charge on any atom is -0.324 e. The molecule has 5 nitrogen and oxygen atoms in total. The van der Waals surface area contributed by atoms with Gasteiger partial charge in [-0.25, -0.2) is 0 Å². The minimum atomic E-state index is -0.0335. The summed E-state index contributed by atoms with van der Waals surface area (Å²) < 4.78 is 8.26. The van der Waals surface area contributed by atoms with Gasteiger partial charge in [-0.15, -0.1) is 11.8 Å². The Morgan fingerprint density at radius 2 is 2.39 bits per heavy atom. The second-order valence-electron chi connectivity index (χ2n) is 3.58. The Balaban J connectivity index is 1.74. The van der Waals surface area contributed by atoms with E-state index in [9.17, 15) is 4.79 Å². The van der Waals surface area contributed by atoms with Crippen molar-refractivity contribution < 1.29 is 4.79 Å². The number of hydrogen-bond acceptors (Lipinski definition) is 6. The molecule has 94 valence electrons. The van der Waals surface area contributed by atoms with Gasteiger partial charge in [0.25, 0.3) is 0 Å². The van der Waals surface area contributed by atoms with Crippen LogP contribution in [0.15, 0.2) is 24.5 Å². The van der Waals surface area contributed by atoms with Gasteiger partial charge in [0.1, 0.15) is 0 Å². The van der Waals surface area contributed by atoms with Gasteiger partial charge in [0.15, 0.2) is 0 Å². The molecule has 0 unspecified atom stereocenters. The van der Waals surface area contributed by atoms with Crippen LogP contribution in [0.1, 0.15) is 11.4 Å². The molecule has 7 heteroatoms. The number of carbonyl (C=O) groups excluding carboxylic acids is 1. The van der Waals surface area contributed by atoms with Crippen molar-refractivity contribution in [2.24, 2.45) is 0 Å². The Morgan fingerprint density at radius 3 is 3.06 bits per heavy atom. The van der Waals surface area contributed by atoms with Gasteiger partial charge in [-0.3, -0.25) is 9.78 Å². The van der Waals surface area contributed by atoms with Gasteiger partial charge < -0.3 is 5.32 Å². The zero-order valence-corrected chi connectivity index (χ0v) is 11.4. The summed E-state index contributed by atoms with van der Waals surface area (Å²) in [5, 5.41) is 2.78. The number of nitrogens with zero attached hydrogens (tertiary/aromatic N) is 3. The molecule has 18 heavy (non-hydrogen) atoms. The van der Waals surface area contributed by atoms with Crippen LogP contribution in [0.3, 0.4) is 0 Å². The van der Waals surface area contributed by atoms with Crippen LogP contribution < -0.4 is 5.32 Å². The van der Waals surface area contributed by atoms with Crippen LogP contribution >= 0.6 is 23.5 Å².